The highest BCUT2D eigenvalue weighted by Crippen LogP contribution is 2.31. The van der Waals surface area contributed by atoms with E-state index in [1.807, 2.05) is 44.2 Å². The molecule has 0 bridgehead atoms. The summed E-state index contributed by atoms with van der Waals surface area (Å²) >= 11 is 0. The van der Waals surface area contributed by atoms with Gasteiger partial charge in [0.25, 0.3) is 0 Å². The molecule has 0 aliphatic heterocycles. The number of esters is 1. The van der Waals surface area contributed by atoms with E-state index in [1.165, 1.54) is 7.11 Å². The number of rotatable bonds is 7. The fraction of sp³-hybridized carbons (Fsp3) is 0.467. The topological polar surface area (TPSA) is 81.7 Å². The molecule has 1 rings (SSSR count). The molecule has 1 N–H and O–H groups in total. The van der Waals surface area contributed by atoms with Gasteiger partial charge in [-0.15, -0.1) is 0 Å². The monoisotopic (exact) mass is 327 g/mol. The molecule has 22 heavy (non-hydrogen) atoms. The van der Waals surface area contributed by atoms with E-state index in [1.54, 1.807) is 0 Å². The van der Waals surface area contributed by atoms with Crippen molar-refractivity contribution in [3.63, 3.8) is 0 Å². The van der Waals surface area contributed by atoms with Crippen molar-refractivity contribution < 1.29 is 23.6 Å². The number of ether oxygens (including phenoxy) is 2. The van der Waals surface area contributed by atoms with Gasteiger partial charge in [0.15, 0.2) is 0 Å². The van der Waals surface area contributed by atoms with Crippen molar-refractivity contribution >= 4 is 19.9 Å². The maximum atomic E-state index is 12.2. The van der Waals surface area contributed by atoms with Gasteiger partial charge < -0.3 is 19.4 Å². The number of alkyl carbamates (subject to hydrolysis) is 1. The minimum Gasteiger partial charge on any atom is -0.469 e. The van der Waals surface area contributed by atoms with E-state index in [-0.39, 0.29) is 18.7 Å². The number of benzene rings is 1. The molecule has 0 fully saturated rings. The van der Waals surface area contributed by atoms with Gasteiger partial charge in [-0.05, 0) is 11.5 Å². The molecule has 0 aliphatic rings. The molecular weight excluding hydrogens is 305 g/mol. The average Bonchev–Trinajstić information content (AvgIpc) is 2.51. The minimum atomic E-state index is -2.35. The summed E-state index contributed by atoms with van der Waals surface area (Å²) in [6.07, 6.45) is -0.839. The Morgan fingerprint density at radius 1 is 1.23 bits per heavy atom. The maximum absolute atomic E-state index is 12.2. The van der Waals surface area contributed by atoms with E-state index in [9.17, 15) is 14.2 Å². The van der Waals surface area contributed by atoms with Crippen molar-refractivity contribution in [3.05, 3.63) is 35.9 Å². The predicted molar refractivity (Wildman–Crippen MR) is 84.3 cm³/mol. The standard InChI is InChI=1S/C15H22NO5P/c1-11(2)14(22(19)10-13(17)20-3)16-15(18)21-9-12-7-5-4-6-8-12/h4-8,11,14,22H,9-10H2,1-3H3,(H,16,18)/t14-/m0/s1. The first-order chi connectivity index (χ1) is 10.4. The second kappa shape index (κ2) is 9.26. The van der Waals surface area contributed by atoms with Gasteiger partial charge in [0.2, 0.25) is 0 Å². The molecule has 1 unspecified atom stereocenters. The Morgan fingerprint density at radius 3 is 2.41 bits per heavy atom. The van der Waals surface area contributed by atoms with E-state index >= 15 is 0 Å². The first-order valence-corrected chi connectivity index (χ1v) is 8.70. The normalized spacial score (nSPS) is 13.3. The van der Waals surface area contributed by atoms with Crippen LogP contribution in [0.25, 0.3) is 0 Å². The van der Waals surface area contributed by atoms with E-state index in [0.717, 1.165) is 5.56 Å². The lowest BCUT2D eigenvalue weighted by atomic mass is 10.2. The average molecular weight is 327 g/mol. The van der Waals surface area contributed by atoms with Gasteiger partial charge in [0.1, 0.15) is 14.4 Å². The van der Waals surface area contributed by atoms with Crippen molar-refractivity contribution in [3.8, 4) is 0 Å². The van der Waals surface area contributed by atoms with E-state index in [2.05, 4.69) is 10.1 Å². The molecule has 2 atom stereocenters. The van der Waals surface area contributed by atoms with Gasteiger partial charge in [0.05, 0.1) is 19.1 Å². The molecule has 0 aliphatic carbocycles. The maximum Gasteiger partial charge on any atom is 0.408 e. The highest BCUT2D eigenvalue weighted by atomic mass is 31.1. The number of carbonyl (C=O) groups is 2. The zero-order valence-corrected chi connectivity index (χ0v) is 14.0. The molecule has 0 radical (unpaired) electrons. The lowest BCUT2D eigenvalue weighted by Gasteiger charge is -2.21. The van der Waals surface area contributed by atoms with Crippen LogP contribution in [0.3, 0.4) is 0 Å². The molecule has 1 amide bonds. The summed E-state index contributed by atoms with van der Waals surface area (Å²) < 4.78 is 21.8. The SMILES string of the molecule is COC(=O)C[PH](=O)[C@H](NC(=O)OCc1ccccc1)C(C)C. The van der Waals surface area contributed by atoms with Crippen molar-refractivity contribution in [1.29, 1.82) is 0 Å². The van der Waals surface area contributed by atoms with Crippen molar-refractivity contribution in [2.45, 2.75) is 26.2 Å². The summed E-state index contributed by atoms with van der Waals surface area (Å²) in [6, 6.07) is 9.25. The Kier molecular flexibility index (Phi) is 7.67. The van der Waals surface area contributed by atoms with Gasteiger partial charge in [-0.1, -0.05) is 44.2 Å². The third kappa shape index (κ3) is 6.31. The molecule has 0 spiro atoms. The predicted octanol–water partition coefficient (Wildman–Crippen LogP) is 2.63. The van der Waals surface area contributed by atoms with E-state index < -0.39 is 25.6 Å². The van der Waals surface area contributed by atoms with Gasteiger partial charge >= 0.3 is 12.1 Å². The summed E-state index contributed by atoms with van der Waals surface area (Å²) in [5.74, 6) is -1.23. The molecule has 6 nitrogen and oxygen atoms in total. The molecule has 0 aromatic heterocycles. The summed E-state index contributed by atoms with van der Waals surface area (Å²) in [7, 11) is -1.11. The van der Waals surface area contributed by atoms with Crippen LogP contribution >= 0.6 is 7.80 Å². The summed E-state index contributed by atoms with van der Waals surface area (Å²) in [5, 5.41) is 2.58. The van der Waals surface area contributed by atoms with Crippen LogP contribution in [0.4, 0.5) is 4.79 Å². The quantitative estimate of drug-likeness (QED) is 0.615. The van der Waals surface area contributed by atoms with Crippen molar-refractivity contribution in [1.82, 2.24) is 5.32 Å². The zero-order valence-electron chi connectivity index (χ0n) is 13.0. The van der Waals surface area contributed by atoms with Gasteiger partial charge in [-0.2, -0.15) is 0 Å². The number of methoxy groups -OCH3 is 1. The Bertz CT molecular complexity index is 518. The first-order valence-electron chi connectivity index (χ1n) is 7.00. The van der Waals surface area contributed by atoms with Crippen LogP contribution in [0.1, 0.15) is 19.4 Å². The molecule has 122 valence electrons. The third-order valence-corrected chi connectivity index (χ3v) is 5.19. The van der Waals surface area contributed by atoms with Crippen LogP contribution < -0.4 is 5.32 Å². The van der Waals surface area contributed by atoms with Gasteiger partial charge in [0, 0.05) is 0 Å². The number of nitrogens with one attached hydrogen (secondary N) is 1. The summed E-state index contributed by atoms with van der Waals surface area (Å²) in [4.78, 5) is 23.0. The fourth-order valence-electron chi connectivity index (χ4n) is 1.84. The molecule has 0 saturated carbocycles. The Balaban J connectivity index is 2.53. The molecule has 0 heterocycles. The Hall–Kier alpha value is -1.81. The number of amides is 1. The first kappa shape index (κ1) is 18.2. The fourth-order valence-corrected chi connectivity index (χ4v) is 3.51. The lowest BCUT2D eigenvalue weighted by molar-refractivity contribution is -0.137. The summed E-state index contributed by atoms with van der Waals surface area (Å²) in [5.41, 5.74) is 0.862. The van der Waals surface area contributed by atoms with Gasteiger partial charge in [-0.3, -0.25) is 4.79 Å². The molecule has 1 aromatic rings. The van der Waals surface area contributed by atoms with Gasteiger partial charge in [-0.25, -0.2) is 4.79 Å². The molecule has 7 heteroatoms. The van der Waals surface area contributed by atoms with Crippen LogP contribution in [0.15, 0.2) is 30.3 Å². The number of hydrogen-bond donors (Lipinski definition) is 1. The highest BCUT2D eigenvalue weighted by molar-refractivity contribution is 7.46. The smallest absolute Gasteiger partial charge is 0.408 e. The molecule has 1 aromatic carbocycles. The number of hydrogen-bond acceptors (Lipinski definition) is 5. The summed E-state index contributed by atoms with van der Waals surface area (Å²) in [6.45, 7) is 3.78. The third-order valence-electron chi connectivity index (χ3n) is 3.05. The molecular formula is C15H22NO5P. The number of carbonyl (C=O) groups excluding carboxylic acids is 2. The van der Waals surface area contributed by atoms with Crippen LogP contribution in [-0.2, 0) is 25.4 Å². The van der Waals surface area contributed by atoms with E-state index in [0.29, 0.717) is 0 Å². The van der Waals surface area contributed by atoms with Crippen molar-refractivity contribution in [2.24, 2.45) is 5.92 Å². The molecule has 0 saturated heterocycles. The second-order valence-corrected chi connectivity index (χ2v) is 7.06. The van der Waals surface area contributed by atoms with Crippen LogP contribution in [0, 0.1) is 5.92 Å². The lowest BCUT2D eigenvalue weighted by Crippen LogP contribution is -2.37. The second-order valence-electron chi connectivity index (χ2n) is 5.15. The van der Waals surface area contributed by atoms with Crippen LogP contribution in [0.2, 0.25) is 0 Å². The van der Waals surface area contributed by atoms with Crippen molar-refractivity contribution in [2.75, 3.05) is 13.3 Å². The minimum absolute atomic E-state index is 0.0830. The highest BCUT2D eigenvalue weighted by Gasteiger charge is 2.25. The van der Waals surface area contributed by atoms with E-state index in [4.69, 9.17) is 4.74 Å². The van der Waals surface area contributed by atoms with Crippen LogP contribution in [0.5, 0.6) is 0 Å². The Labute approximate surface area is 131 Å². The largest absolute Gasteiger partial charge is 0.469 e. The Morgan fingerprint density at radius 2 is 1.86 bits per heavy atom. The zero-order chi connectivity index (χ0) is 16.5. The van der Waals surface area contributed by atoms with Crippen LogP contribution in [-0.4, -0.2) is 31.1 Å².